The fraction of sp³-hybridized carbons (Fsp3) is 0. The quantitative estimate of drug-likeness (QED) is 0.577. The molecule has 0 saturated carbocycles. The maximum Gasteiger partial charge on any atom is 0.137 e. The van der Waals surface area contributed by atoms with E-state index in [4.69, 9.17) is 0 Å². The molecule has 1 aromatic carbocycles. The lowest BCUT2D eigenvalue weighted by Gasteiger charge is -1.95. The van der Waals surface area contributed by atoms with Crippen LogP contribution in [0.25, 0.3) is 0 Å². The molecule has 0 N–H and O–H groups in total. The topological polar surface area (TPSA) is 0 Å². The van der Waals surface area contributed by atoms with Crippen molar-refractivity contribution in [1.82, 2.24) is 0 Å². The third kappa shape index (κ3) is 1.90. The average molecular weight is 239 g/mol. The number of rotatable bonds is 1. The highest BCUT2D eigenvalue weighted by Gasteiger charge is 1.98. The maximum absolute atomic E-state index is 12.6. The first kappa shape index (κ1) is 8.43. The molecule has 0 aliphatic heterocycles. The molecular weight excluding hydrogens is 235 g/mol. The van der Waals surface area contributed by atoms with Crippen LogP contribution in [0.5, 0.6) is 0 Å². The second-order valence-electron chi connectivity index (χ2n) is 1.67. The van der Waals surface area contributed by atoms with Gasteiger partial charge < -0.3 is 0 Å². The first-order valence-electron chi connectivity index (χ1n) is 2.50. The van der Waals surface area contributed by atoms with Gasteiger partial charge in [-0.1, -0.05) is 10.8 Å². The Balaban J connectivity index is 3.04. The van der Waals surface area contributed by atoms with Crippen LogP contribution in [-0.2, 0) is 0 Å². The number of hydrogen-bond acceptors (Lipinski definition) is 2. The second-order valence-corrected chi connectivity index (χ2v) is 3.72. The van der Waals surface area contributed by atoms with E-state index in [-0.39, 0.29) is 5.82 Å². The zero-order valence-corrected chi connectivity index (χ0v) is 8.14. The van der Waals surface area contributed by atoms with Crippen molar-refractivity contribution in [2.45, 2.75) is 4.90 Å². The summed E-state index contributed by atoms with van der Waals surface area (Å²) in [6.07, 6.45) is 0. The smallest absolute Gasteiger partial charge is 0.137 e. The molecule has 0 aliphatic rings. The Morgan fingerprint density at radius 1 is 1.50 bits per heavy atom. The molecule has 0 atom stereocenters. The van der Waals surface area contributed by atoms with Crippen molar-refractivity contribution in [3.05, 3.63) is 28.5 Å². The van der Waals surface area contributed by atoms with Crippen LogP contribution in [0, 0.1) is 5.82 Å². The van der Waals surface area contributed by atoms with Crippen LogP contribution in [0.15, 0.2) is 27.6 Å². The highest BCUT2D eigenvalue weighted by Crippen LogP contribution is 2.26. The summed E-state index contributed by atoms with van der Waals surface area (Å²) in [7, 11) is 1.29. The highest BCUT2D eigenvalue weighted by atomic mass is 79.9. The summed E-state index contributed by atoms with van der Waals surface area (Å²) in [4.78, 5) is 0.927. The van der Waals surface area contributed by atoms with Crippen molar-refractivity contribution < 1.29 is 4.39 Å². The molecule has 0 spiro atoms. The van der Waals surface area contributed by atoms with E-state index in [0.717, 1.165) is 4.90 Å². The molecule has 0 nitrogen and oxygen atoms in total. The molecule has 0 radical (unpaired) electrons. The maximum atomic E-state index is 12.6. The van der Waals surface area contributed by atoms with Gasteiger partial charge in [0.1, 0.15) is 5.82 Å². The van der Waals surface area contributed by atoms with Crippen LogP contribution >= 0.6 is 38.4 Å². The van der Waals surface area contributed by atoms with E-state index in [1.807, 2.05) is 0 Å². The van der Waals surface area contributed by atoms with Crippen molar-refractivity contribution in [2.24, 2.45) is 0 Å². The van der Waals surface area contributed by atoms with Crippen molar-refractivity contribution in [3.8, 4) is 0 Å². The van der Waals surface area contributed by atoms with E-state index in [9.17, 15) is 4.39 Å². The molecule has 0 unspecified atom stereocenters. The summed E-state index contributed by atoms with van der Waals surface area (Å²) in [5.41, 5.74) is 0. The molecule has 0 bridgehead atoms. The minimum Gasteiger partial charge on any atom is -0.206 e. The Bertz CT molecular complexity index is 239. The molecular formula is C6H4BrFS2. The van der Waals surface area contributed by atoms with Crippen molar-refractivity contribution >= 4 is 38.4 Å². The number of benzene rings is 1. The summed E-state index contributed by atoms with van der Waals surface area (Å²) in [5, 5.41) is 0. The van der Waals surface area contributed by atoms with Gasteiger partial charge >= 0.3 is 0 Å². The van der Waals surface area contributed by atoms with E-state index >= 15 is 0 Å². The van der Waals surface area contributed by atoms with E-state index in [1.54, 1.807) is 12.1 Å². The Hall–Kier alpha value is 0.330. The molecule has 0 amide bonds. The summed E-state index contributed by atoms with van der Waals surface area (Å²) in [6.45, 7) is 0. The summed E-state index contributed by atoms with van der Waals surface area (Å²) in [6, 6.07) is 4.77. The Morgan fingerprint density at radius 3 is 2.70 bits per heavy atom. The molecule has 10 heavy (non-hydrogen) atoms. The van der Waals surface area contributed by atoms with Gasteiger partial charge in [0.15, 0.2) is 0 Å². The molecule has 0 aromatic heterocycles. The fourth-order valence-electron chi connectivity index (χ4n) is 0.534. The fourth-order valence-corrected chi connectivity index (χ4v) is 1.70. The third-order valence-electron chi connectivity index (χ3n) is 0.996. The monoisotopic (exact) mass is 238 g/mol. The zero-order valence-electron chi connectivity index (χ0n) is 4.84. The third-order valence-corrected chi connectivity index (χ3v) is 2.70. The molecule has 4 heteroatoms. The van der Waals surface area contributed by atoms with Crippen LogP contribution < -0.4 is 0 Å². The van der Waals surface area contributed by atoms with Gasteiger partial charge in [-0.25, -0.2) is 4.39 Å². The normalized spacial score (nSPS) is 9.90. The van der Waals surface area contributed by atoms with Crippen molar-refractivity contribution in [3.63, 3.8) is 0 Å². The van der Waals surface area contributed by atoms with Gasteiger partial charge in [-0.3, -0.25) is 0 Å². The number of thiol groups is 1. The Morgan fingerprint density at radius 2 is 2.20 bits per heavy atom. The molecule has 0 aliphatic carbocycles. The van der Waals surface area contributed by atoms with E-state index in [1.165, 1.54) is 16.9 Å². The second kappa shape index (κ2) is 3.64. The molecule has 0 saturated heterocycles. The highest BCUT2D eigenvalue weighted by molar-refractivity contribution is 9.10. The minimum absolute atomic E-state index is 0.244. The van der Waals surface area contributed by atoms with Gasteiger partial charge in [-0.05, 0) is 34.1 Å². The van der Waals surface area contributed by atoms with Crippen LogP contribution in [0.2, 0.25) is 0 Å². The lowest BCUT2D eigenvalue weighted by Crippen LogP contribution is -1.75. The van der Waals surface area contributed by atoms with Gasteiger partial charge in [-0.15, -0.1) is 11.7 Å². The first-order valence-corrected chi connectivity index (χ1v) is 5.16. The van der Waals surface area contributed by atoms with Crippen LogP contribution in [-0.4, -0.2) is 0 Å². The first-order chi connectivity index (χ1) is 4.74. The Kier molecular flexibility index (Phi) is 3.07. The van der Waals surface area contributed by atoms with Crippen LogP contribution in [0.3, 0.4) is 0 Å². The predicted molar refractivity (Wildman–Crippen MR) is 48.9 cm³/mol. The average Bonchev–Trinajstić information content (AvgIpc) is 1.95. The molecule has 1 aromatic rings. The lowest BCUT2D eigenvalue weighted by molar-refractivity contribution is 0.620. The van der Waals surface area contributed by atoms with E-state index in [2.05, 4.69) is 27.6 Å². The van der Waals surface area contributed by atoms with Gasteiger partial charge in [0.2, 0.25) is 0 Å². The molecule has 0 fully saturated rings. The lowest BCUT2D eigenvalue weighted by atomic mass is 10.3. The Labute approximate surface area is 76.1 Å². The minimum atomic E-state index is -0.244. The largest absolute Gasteiger partial charge is 0.206 e. The van der Waals surface area contributed by atoms with Gasteiger partial charge in [0.05, 0.1) is 4.47 Å². The summed E-state index contributed by atoms with van der Waals surface area (Å²) < 4.78 is 13.0. The van der Waals surface area contributed by atoms with Gasteiger partial charge in [-0.2, -0.15) is 0 Å². The number of hydrogen-bond donors (Lipinski definition) is 1. The SMILES string of the molecule is Fc1ccc(SS)cc1Br. The van der Waals surface area contributed by atoms with Crippen LogP contribution in [0.1, 0.15) is 0 Å². The van der Waals surface area contributed by atoms with Crippen molar-refractivity contribution in [1.29, 1.82) is 0 Å². The zero-order chi connectivity index (χ0) is 7.56. The van der Waals surface area contributed by atoms with Crippen LogP contribution in [0.4, 0.5) is 4.39 Å². The van der Waals surface area contributed by atoms with Gasteiger partial charge in [0.25, 0.3) is 0 Å². The standard InChI is InChI=1S/C6H4BrFS2/c7-5-3-4(10-9)1-2-6(5)8/h1-3,9H. The molecule has 54 valence electrons. The van der Waals surface area contributed by atoms with Gasteiger partial charge in [0, 0.05) is 4.90 Å². The summed E-state index contributed by atoms with van der Waals surface area (Å²) >= 11 is 7.03. The molecule has 1 rings (SSSR count). The van der Waals surface area contributed by atoms with Crippen molar-refractivity contribution in [2.75, 3.05) is 0 Å². The van der Waals surface area contributed by atoms with E-state index < -0.39 is 0 Å². The summed E-state index contributed by atoms with van der Waals surface area (Å²) in [5.74, 6) is -0.244. The molecule has 0 heterocycles. The number of halogens is 2. The van der Waals surface area contributed by atoms with E-state index in [0.29, 0.717) is 4.47 Å². The predicted octanol–water partition coefficient (Wildman–Crippen LogP) is 3.53.